The van der Waals surface area contributed by atoms with Crippen LogP contribution in [0.5, 0.6) is 5.75 Å². The van der Waals surface area contributed by atoms with E-state index < -0.39 is 6.09 Å². The van der Waals surface area contributed by atoms with E-state index in [0.29, 0.717) is 15.7 Å². The van der Waals surface area contributed by atoms with E-state index in [0.717, 1.165) is 0 Å². The fourth-order valence-electron chi connectivity index (χ4n) is 1.43. The first-order valence-electron chi connectivity index (χ1n) is 5.34. The van der Waals surface area contributed by atoms with Crippen molar-refractivity contribution in [3.63, 3.8) is 0 Å². The number of anilines is 1. The summed E-state index contributed by atoms with van der Waals surface area (Å²) in [6.07, 6.45) is -0.738. The molecule has 0 aromatic heterocycles. The first kappa shape index (κ1) is 15.3. The van der Waals surface area contributed by atoms with Crippen molar-refractivity contribution in [2.75, 3.05) is 5.32 Å². The molecule has 3 nitrogen and oxygen atoms in total. The van der Waals surface area contributed by atoms with Crippen LogP contribution < -0.4 is 10.1 Å². The van der Waals surface area contributed by atoms with Gasteiger partial charge in [-0.05, 0) is 30.3 Å². The summed E-state index contributed by atoms with van der Waals surface area (Å²) < 4.78 is 5.06. The third-order valence-corrected chi connectivity index (χ3v) is 3.24. The van der Waals surface area contributed by atoms with Crippen LogP contribution >= 0.6 is 46.4 Å². The lowest BCUT2D eigenvalue weighted by Crippen LogP contribution is -2.17. The summed E-state index contributed by atoms with van der Waals surface area (Å²) >= 11 is 23.4. The highest BCUT2D eigenvalue weighted by Gasteiger charge is 2.13. The Hall–Kier alpha value is -1.13. The molecule has 0 saturated carbocycles. The van der Waals surface area contributed by atoms with Crippen LogP contribution in [0.15, 0.2) is 36.4 Å². The van der Waals surface area contributed by atoms with Crippen LogP contribution in [0.2, 0.25) is 20.1 Å². The van der Waals surface area contributed by atoms with Crippen molar-refractivity contribution in [3.8, 4) is 5.75 Å². The fraction of sp³-hybridized carbons (Fsp3) is 0. The Morgan fingerprint density at radius 1 is 0.950 bits per heavy atom. The Labute approximate surface area is 135 Å². The van der Waals surface area contributed by atoms with Crippen LogP contribution in [-0.4, -0.2) is 6.09 Å². The van der Waals surface area contributed by atoms with Crippen LogP contribution in [0, 0.1) is 0 Å². The maximum Gasteiger partial charge on any atom is 0.417 e. The molecule has 0 heterocycles. The van der Waals surface area contributed by atoms with Gasteiger partial charge in [0.05, 0.1) is 10.0 Å². The van der Waals surface area contributed by atoms with Gasteiger partial charge in [-0.25, -0.2) is 4.79 Å². The maximum atomic E-state index is 11.8. The SMILES string of the molecule is O=C(Nc1cccc(Cl)c1)Oc1c(Cl)cc(Cl)cc1Cl. The highest BCUT2D eigenvalue weighted by Crippen LogP contribution is 2.36. The number of amides is 1. The van der Waals surface area contributed by atoms with Gasteiger partial charge in [-0.2, -0.15) is 0 Å². The van der Waals surface area contributed by atoms with Crippen LogP contribution in [0.3, 0.4) is 0 Å². The molecule has 2 aromatic carbocycles. The van der Waals surface area contributed by atoms with Gasteiger partial charge in [-0.3, -0.25) is 5.32 Å². The summed E-state index contributed by atoms with van der Waals surface area (Å²) in [4.78, 5) is 11.8. The van der Waals surface area contributed by atoms with Crippen molar-refractivity contribution < 1.29 is 9.53 Å². The standard InChI is InChI=1S/C13H7Cl4NO2/c14-7-2-1-3-9(4-7)18-13(19)20-12-10(16)5-8(15)6-11(12)17/h1-6H,(H,18,19). The molecular weight excluding hydrogens is 344 g/mol. The Morgan fingerprint density at radius 2 is 1.60 bits per heavy atom. The normalized spacial score (nSPS) is 10.2. The minimum Gasteiger partial charge on any atom is -0.407 e. The van der Waals surface area contributed by atoms with Gasteiger partial charge in [-0.15, -0.1) is 0 Å². The van der Waals surface area contributed by atoms with Gasteiger partial charge in [0, 0.05) is 15.7 Å². The van der Waals surface area contributed by atoms with Gasteiger partial charge in [0.1, 0.15) is 0 Å². The average molecular weight is 351 g/mol. The van der Waals surface area contributed by atoms with E-state index in [1.54, 1.807) is 24.3 Å². The summed E-state index contributed by atoms with van der Waals surface area (Å²) in [6, 6.07) is 9.48. The Kier molecular flexibility index (Phi) is 5.00. The number of carbonyl (C=O) groups excluding carboxylic acids is 1. The molecular formula is C13H7Cl4NO2. The number of rotatable bonds is 2. The molecule has 0 fully saturated rings. The Balaban J connectivity index is 2.13. The minimum atomic E-state index is -0.738. The highest BCUT2D eigenvalue weighted by atomic mass is 35.5. The lowest BCUT2D eigenvalue weighted by molar-refractivity contribution is 0.215. The van der Waals surface area contributed by atoms with Crippen molar-refractivity contribution in [2.45, 2.75) is 0 Å². The van der Waals surface area contributed by atoms with E-state index in [-0.39, 0.29) is 15.8 Å². The maximum absolute atomic E-state index is 11.8. The van der Waals surface area contributed by atoms with Crippen molar-refractivity contribution >= 4 is 58.2 Å². The zero-order valence-electron chi connectivity index (χ0n) is 9.79. The first-order chi connectivity index (χ1) is 9.45. The van der Waals surface area contributed by atoms with Gasteiger partial charge < -0.3 is 4.74 Å². The van der Waals surface area contributed by atoms with Gasteiger partial charge in [0.2, 0.25) is 0 Å². The van der Waals surface area contributed by atoms with E-state index in [9.17, 15) is 4.79 Å². The largest absolute Gasteiger partial charge is 0.417 e. The van der Waals surface area contributed by atoms with E-state index >= 15 is 0 Å². The molecule has 0 saturated heterocycles. The summed E-state index contributed by atoms with van der Waals surface area (Å²) in [5.41, 5.74) is 0.490. The summed E-state index contributed by atoms with van der Waals surface area (Å²) in [6.45, 7) is 0. The Bertz CT molecular complexity index is 638. The molecule has 0 aliphatic carbocycles. The summed E-state index contributed by atoms with van der Waals surface area (Å²) in [5, 5.41) is 3.63. The fourth-order valence-corrected chi connectivity index (χ4v) is 2.51. The molecule has 0 aliphatic heterocycles. The molecule has 0 unspecified atom stereocenters. The number of nitrogens with one attached hydrogen (secondary N) is 1. The molecule has 7 heteroatoms. The second-order valence-electron chi connectivity index (χ2n) is 3.72. The number of benzene rings is 2. The van der Waals surface area contributed by atoms with Crippen molar-refractivity contribution in [1.29, 1.82) is 0 Å². The van der Waals surface area contributed by atoms with Crippen LogP contribution in [0.4, 0.5) is 10.5 Å². The Morgan fingerprint density at radius 3 is 2.20 bits per heavy atom. The topological polar surface area (TPSA) is 38.3 Å². The molecule has 0 aliphatic rings. The number of hydrogen-bond donors (Lipinski definition) is 1. The first-order valence-corrected chi connectivity index (χ1v) is 6.86. The molecule has 1 N–H and O–H groups in total. The molecule has 0 radical (unpaired) electrons. The van der Waals surface area contributed by atoms with E-state index in [2.05, 4.69) is 5.32 Å². The smallest absolute Gasteiger partial charge is 0.407 e. The van der Waals surface area contributed by atoms with Crippen molar-refractivity contribution in [3.05, 3.63) is 56.5 Å². The lowest BCUT2D eigenvalue weighted by Gasteiger charge is -2.10. The molecule has 20 heavy (non-hydrogen) atoms. The highest BCUT2D eigenvalue weighted by molar-refractivity contribution is 6.40. The van der Waals surface area contributed by atoms with Crippen molar-refractivity contribution in [1.82, 2.24) is 0 Å². The number of ether oxygens (including phenoxy) is 1. The molecule has 104 valence electrons. The molecule has 0 atom stereocenters. The predicted octanol–water partition coefficient (Wildman–Crippen LogP) is 5.91. The third kappa shape index (κ3) is 3.93. The molecule has 0 bridgehead atoms. The zero-order valence-corrected chi connectivity index (χ0v) is 12.8. The van der Waals surface area contributed by atoms with Gasteiger partial charge >= 0.3 is 6.09 Å². The lowest BCUT2D eigenvalue weighted by atomic mass is 10.3. The van der Waals surface area contributed by atoms with Crippen LogP contribution in [-0.2, 0) is 0 Å². The summed E-state index contributed by atoms with van der Waals surface area (Å²) in [7, 11) is 0. The third-order valence-electron chi connectivity index (χ3n) is 2.23. The predicted molar refractivity (Wildman–Crippen MR) is 82.6 cm³/mol. The molecule has 2 rings (SSSR count). The van der Waals surface area contributed by atoms with Crippen LogP contribution in [0.1, 0.15) is 0 Å². The van der Waals surface area contributed by atoms with Crippen molar-refractivity contribution in [2.24, 2.45) is 0 Å². The quantitative estimate of drug-likeness (QED) is 0.730. The molecule has 0 spiro atoms. The minimum absolute atomic E-state index is 0.0391. The number of halogens is 4. The van der Waals surface area contributed by atoms with E-state index in [1.807, 2.05) is 0 Å². The van der Waals surface area contributed by atoms with E-state index in [4.69, 9.17) is 51.1 Å². The van der Waals surface area contributed by atoms with Gasteiger partial charge in [0.15, 0.2) is 5.75 Å². The molecule has 2 aromatic rings. The average Bonchev–Trinajstić information content (AvgIpc) is 2.33. The zero-order chi connectivity index (χ0) is 14.7. The van der Waals surface area contributed by atoms with Crippen LogP contribution in [0.25, 0.3) is 0 Å². The second kappa shape index (κ2) is 6.55. The van der Waals surface area contributed by atoms with Gasteiger partial charge in [-0.1, -0.05) is 52.5 Å². The second-order valence-corrected chi connectivity index (χ2v) is 5.41. The molecule has 1 amide bonds. The number of carbonyl (C=O) groups is 1. The summed E-state index contributed by atoms with van der Waals surface area (Å²) in [5.74, 6) is 0.0391. The number of hydrogen-bond acceptors (Lipinski definition) is 2. The monoisotopic (exact) mass is 349 g/mol. The van der Waals surface area contributed by atoms with E-state index in [1.165, 1.54) is 12.1 Å². The van der Waals surface area contributed by atoms with Gasteiger partial charge in [0.25, 0.3) is 0 Å².